The zero-order chi connectivity index (χ0) is 15.1. The number of hydrogen-bond donors (Lipinski definition) is 2. The van der Waals surface area contributed by atoms with Crippen molar-refractivity contribution < 1.29 is 9.59 Å². The van der Waals surface area contributed by atoms with Gasteiger partial charge in [0.15, 0.2) is 0 Å². The second-order valence-corrected chi connectivity index (χ2v) is 4.83. The summed E-state index contributed by atoms with van der Waals surface area (Å²) in [6.07, 6.45) is 2.95. The molecule has 0 atom stereocenters. The van der Waals surface area contributed by atoms with Crippen LogP contribution in [0.3, 0.4) is 0 Å². The van der Waals surface area contributed by atoms with Gasteiger partial charge in [-0.05, 0) is 36.4 Å². The van der Waals surface area contributed by atoms with Gasteiger partial charge in [0.05, 0.1) is 11.9 Å². The highest BCUT2D eigenvalue weighted by atomic mass is 79.9. The van der Waals surface area contributed by atoms with Gasteiger partial charge in [0.1, 0.15) is 0 Å². The van der Waals surface area contributed by atoms with Crippen LogP contribution >= 0.6 is 15.9 Å². The van der Waals surface area contributed by atoms with Crippen molar-refractivity contribution >= 4 is 39.6 Å². The number of carbonyl (C=O) groups is 2. The minimum Gasteiger partial charge on any atom is -0.318 e. The lowest BCUT2D eigenvalue weighted by molar-refractivity contribution is -0.136. The molecule has 2 N–H and O–H groups in total. The van der Waals surface area contributed by atoms with E-state index >= 15 is 0 Å². The Kier molecular flexibility index (Phi) is 5.16. The van der Waals surface area contributed by atoms with Gasteiger partial charge in [-0.15, -0.1) is 0 Å². The van der Waals surface area contributed by atoms with Gasteiger partial charge in [-0.1, -0.05) is 22.0 Å². The molecule has 0 aliphatic carbocycles. The van der Waals surface area contributed by atoms with E-state index in [9.17, 15) is 9.59 Å². The van der Waals surface area contributed by atoms with E-state index in [0.717, 1.165) is 4.47 Å². The standard InChI is InChI=1S/C14H11BrN4O2/c15-10-4-6-11(7-5-10)18-13(20)14(21)19-17-9-12-3-1-2-8-16-12/h1-9H,(H,18,20)(H,19,21). The number of hydrogen-bond acceptors (Lipinski definition) is 4. The first kappa shape index (κ1) is 14.9. The summed E-state index contributed by atoms with van der Waals surface area (Å²) in [7, 11) is 0. The van der Waals surface area contributed by atoms with Crippen LogP contribution in [0.25, 0.3) is 0 Å². The molecule has 1 aromatic carbocycles. The van der Waals surface area contributed by atoms with Gasteiger partial charge >= 0.3 is 11.8 Å². The molecule has 0 radical (unpaired) electrons. The average molecular weight is 347 g/mol. The fourth-order valence-corrected chi connectivity index (χ4v) is 1.65. The minimum absolute atomic E-state index is 0.520. The first-order valence-corrected chi connectivity index (χ1v) is 6.75. The van der Waals surface area contributed by atoms with E-state index in [0.29, 0.717) is 11.4 Å². The lowest BCUT2D eigenvalue weighted by Gasteiger charge is -2.03. The Morgan fingerprint density at radius 3 is 2.52 bits per heavy atom. The Labute approximate surface area is 129 Å². The summed E-state index contributed by atoms with van der Waals surface area (Å²) in [5.41, 5.74) is 3.23. The summed E-state index contributed by atoms with van der Waals surface area (Å²) < 4.78 is 0.880. The molecule has 2 amide bonds. The highest BCUT2D eigenvalue weighted by molar-refractivity contribution is 9.10. The largest absolute Gasteiger partial charge is 0.329 e. The van der Waals surface area contributed by atoms with Crippen LogP contribution in [-0.2, 0) is 9.59 Å². The van der Waals surface area contributed by atoms with E-state index in [1.165, 1.54) is 6.21 Å². The third kappa shape index (κ3) is 4.81. The minimum atomic E-state index is -0.856. The van der Waals surface area contributed by atoms with Gasteiger partial charge in [0.2, 0.25) is 0 Å². The Hall–Kier alpha value is -2.54. The second kappa shape index (κ2) is 7.30. The lowest BCUT2D eigenvalue weighted by Crippen LogP contribution is -2.32. The molecule has 0 bridgehead atoms. The first-order valence-electron chi connectivity index (χ1n) is 5.96. The maximum Gasteiger partial charge on any atom is 0.329 e. The molecule has 106 valence electrons. The van der Waals surface area contributed by atoms with Gasteiger partial charge in [0, 0.05) is 16.4 Å². The summed E-state index contributed by atoms with van der Waals surface area (Å²) in [4.78, 5) is 27.1. The molecular formula is C14H11BrN4O2. The van der Waals surface area contributed by atoms with Crippen LogP contribution in [0.4, 0.5) is 5.69 Å². The van der Waals surface area contributed by atoms with Crippen molar-refractivity contribution in [1.29, 1.82) is 0 Å². The zero-order valence-corrected chi connectivity index (χ0v) is 12.4. The fourth-order valence-electron chi connectivity index (χ4n) is 1.38. The van der Waals surface area contributed by atoms with Crippen LogP contribution < -0.4 is 10.7 Å². The van der Waals surface area contributed by atoms with Crippen molar-refractivity contribution in [2.45, 2.75) is 0 Å². The van der Waals surface area contributed by atoms with E-state index in [4.69, 9.17) is 0 Å². The summed E-state index contributed by atoms with van der Waals surface area (Å²) >= 11 is 3.28. The fraction of sp³-hybridized carbons (Fsp3) is 0. The number of aromatic nitrogens is 1. The number of carbonyl (C=O) groups excluding carboxylic acids is 2. The summed E-state index contributed by atoms with van der Waals surface area (Å²) in [6, 6.07) is 12.1. The SMILES string of the molecule is O=C(NN=Cc1ccccn1)C(=O)Nc1ccc(Br)cc1. The Bertz CT molecular complexity index is 656. The molecule has 0 saturated heterocycles. The summed E-state index contributed by atoms with van der Waals surface area (Å²) in [5, 5.41) is 6.12. The molecule has 0 unspecified atom stereocenters. The Morgan fingerprint density at radius 1 is 1.10 bits per heavy atom. The van der Waals surface area contributed by atoms with E-state index in [1.54, 1.807) is 48.7 Å². The molecule has 1 heterocycles. The van der Waals surface area contributed by atoms with Crippen LogP contribution in [0, 0.1) is 0 Å². The predicted octanol–water partition coefficient (Wildman–Crippen LogP) is 1.93. The summed E-state index contributed by atoms with van der Waals surface area (Å²) in [5.74, 6) is -1.65. The third-order valence-corrected chi connectivity index (χ3v) is 2.89. The van der Waals surface area contributed by atoms with Gasteiger partial charge in [-0.25, -0.2) is 5.43 Å². The molecule has 2 rings (SSSR count). The van der Waals surface area contributed by atoms with E-state index < -0.39 is 11.8 Å². The quantitative estimate of drug-likeness (QED) is 0.506. The monoisotopic (exact) mass is 346 g/mol. The molecule has 6 nitrogen and oxygen atoms in total. The van der Waals surface area contributed by atoms with Crippen molar-refractivity contribution in [1.82, 2.24) is 10.4 Å². The number of hydrazone groups is 1. The van der Waals surface area contributed by atoms with E-state index in [-0.39, 0.29) is 0 Å². The first-order chi connectivity index (χ1) is 10.1. The number of benzene rings is 1. The van der Waals surface area contributed by atoms with Crippen LogP contribution in [0.2, 0.25) is 0 Å². The molecule has 0 fully saturated rings. The number of nitrogens with zero attached hydrogens (tertiary/aromatic N) is 2. The highest BCUT2D eigenvalue weighted by Crippen LogP contribution is 2.13. The van der Waals surface area contributed by atoms with Crippen molar-refractivity contribution in [2.24, 2.45) is 5.10 Å². The normalized spacial score (nSPS) is 10.3. The van der Waals surface area contributed by atoms with E-state index in [1.807, 2.05) is 0 Å². The maximum atomic E-state index is 11.6. The Morgan fingerprint density at radius 2 is 1.86 bits per heavy atom. The molecule has 0 saturated carbocycles. The highest BCUT2D eigenvalue weighted by Gasteiger charge is 2.12. The number of halogens is 1. The number of anilines is 1. The lowest BCUT2D eigenvalue weighted by atomic mass is 10.3. The van der Waals surface area contributed by atoms with Crippen LogP contribution in [0.1, 0.15) is 5.69 Å². The topological polar surface area (TPSA) is 83.5 Å². The van der Waals surface area contributed by atoms with Gasteiger partial charge in [-0.3, -0.25) is 14.6 Å². The third-order valence-electron chi connectivity index (χ3n) is 2.36. The van der Waals surface area contributed by atoms with Crippen molar-refractivity contribution in [3.63, 3.8) is 0 Å². The van der Waals surface area contributed by atoms with Gasteiger partial charge < -0.3 is 5.32 Å². The van der Waals surface area contributed by atoms with Crippen molar-refractivity contribution in [3.8, 4) is 0 Å². The number of amides is 2. The van der Waals surface area contributed by atoms with Crippen LogP contribution in [-0.4, -0.2) is 23.0 Å². The van der Waals surface area contributed by atoms with E-state index in [2.05, 4.69) is 36.8 Å². The average Bonchev–Trinajstić information content (AvgIpc) is 2.50. The number of pyridine rings is 1. The predicted molar refractivity (Wildman–Crippen MR) is 82.7 cm³/mol. The second-order valence-electron chi connectivity index (χ2n) is 3.91. The number of nitrogens with one attached hydrogen (secondary N) is 2. The van der Waals surface area contributed by atoms with Crippen LogP contribution in [0.15, 0.2) is 58.2 Å². The number of rotatable bonds is 3. The summed E-state index contributed by atoms with van der Waals surface area (Å²) in [6.45, 7) is 0. The molecule has 1 aromatic heterocycles. The van der Waals surface area contributed by atoms with Crippen molar-refractivity contribution in [3.05, 3.63) is 58.8 Å². The molecule has 0 aliphatic rings. The zero-order valence-electron chi connectivity index (χ0n) is 10.8. The molecule has 0 spiro atoms. The van der Waals surface area contributed by atoms with Gasteiger partial charge in [0.25, 0.3) is 0 Å². The van der Waals surface area contributed by atoms with Crippen LogP contribution in [0.5, 0.6) is 0 Å². The molecule has 21 heavy (non-hydrogen) atoms. The molecule has 0 aliphatic heterocycles. The molecule has 2 aromatic rings. The van der Waals surface area contributed by atoms with Gasteiger partial charge in [-0.2, -0.15) is 5.10 Å². The Balaban J connectivity index is 1.87. The maximum absolute atomic E-state index is 11.6. The molecular weight excluding hydrogens is 336 g/mol. The van der Waals surface area contributed by atoms with Crippen molar-refractivity contribution in [2.75, 3.05) is 5.32 Å². The molecule has 7 heteroatoms. The smallest absolute Gasteiger partial charge is 0.318 e.